The standard InChI is InChI=1S/C10H11FO3/c1-14-8-4-2-7(3-5-8)9(11)6-10(12)13/h2-5,9H,6H2,1H3,(H,12,13). The van der Waals surface area contributed by atoms with Crippen molar-refractivity contribution in [3.63, 3.8) is 0 Å². The Labute approximate surface area is 81.1 Å². The lowest BCUT2D eigenvalue weighted by atomic mass is 10.1. The fraction of sp³-hybridized carbons (Fsp3) is 0.300. The summed E-state index contributed by atoms with van der Waals surface area (Å²) in [7, 11) is 1.51. The number of halogens is 1. The van der Waals surface area contributed by atoms with Gasteiger partial charge in [-0.3, -0.25) is 4.79 Å². The first-order valence-electron chi connectivity index (χ1n) is 4.13. The zero-order valence-corrected chi connectivity index (χ0v) is 7.74. The van der Waals surface area contributed by atoms with E-state index in [4.69, 9.17) is 9.84 Å². The van der Waals surface area contributed by atoms with Crippen LogP contribution >= 0.6 is 0 Å². The normalized spacial score (nSPS) is 12.1. The third-order valence-electron chi connectivity index (χ3n) is 1.83. The SMILES string of the molecule is COc1ccc(C(F)CC(=O)O)cc1. The molecule has 4 heteroatoms. The lowest BCUT2D eigenvalue weighted by Gasteiger charge is -2.06. The average molecular weight is 198 g/mol. The molecule has 1 aromatic carbocycles. The van der Waals surface area contributed by atoms with Gasteiger partial charge in [0.05, 0.1) is 13.5 Å². The minimum absolute atomic E-state index is 0.355. The van der Waals surface area contributed by atoms with E-state index in [0.29, 0.717) is 11.3 Å². The first-order valence-corrected chi connectivity index (χ1v) is 4.13. The first-order chi connectivity index (χ1) is 6.63. The molecule has 76 valence electrons. The number of ether oxygens (including phenoxy) is 1. The third kappa shape index (κ3) is 2.73. The molecule has 0 aromatic heterocycles. The molecule has 0 fully saturated rings. The average Bonchev–Trinajstić information content (AvgIpc) is 2.17. The Kier molecular flexibility index (Phi) is 3.45. The summed E-state index contributed by atoms with van der Waals surface area (Å²) in [6.45, 7) is 0. The van der Waals surface area contributed by atoms with E-state index < -0.39 is 18.6 Å². The largest absolute Gasteiger partial charge is 0.497 e. The van der Waals surface area contributed by atoms with Gasteiger partial charge in [-0.1, -0.05) is 12.1 Å². The highest BCUT2D eigenvalue weighted by Crippen LogP contribution is 2.23. The van der Waals surface area contributed by atoms with Crippen molar-refractivity contribution in [2.45, 2.75) is 12.6 Å². The van der Waals surface area contributed by atoms with Crippen molar-refractivity contribution >= 4 is 5.97 Å². The lowest BCUT2D eigenvalue weighted by molar-refractivity contribution is -0.138. The van der Waals surface area contributed by atoms with E-state index in [1.807, 2.05) is 0 Å². The van der Waals surface area contributed by atoms with Gasteiger partial charge >= 0.3 is 5.97 Å². The molecule has 3 nitrogen and oxygen atoms in total. The van der Waals surface area contributed by atoms with Crippen LogP contribution in [0.2, 0.25) is 0 Å². The number of hydrogen-bond donors (Lipinski definition) is 1. The minimum atomic E-state index is -1.46. The summed E-state index contributed by atoms with van der Waals surface area (Å²) in [5.41, 5.74) is 0.355. The molecule has 1 atom stereocenters. The molecule has 0 aliphatic carbocycles. The molecule has 0 saturated carbocycles. The van der Waals surface area contributed by atoms with E-state index in [-0.39, 0.29) is 0 Å². The Balaban J connectivity index is 2.71. The molecular weight excluding hydrogens is 187 g/mol. The van der Waals surface area contributed by atoms with Crippen LogP contribution in [0, 0.1) is 0 Å². The van der Waals surface area contributed by atoms with E-state index in [1.54, 1.807) is 12.1 Å². The van der Waals surface area contributed by atoms with Crippen LogP contribution in [-0.4, -0.2) is 18.2 Å². The summed E-state index contributed by atoms with van der Waals surface area (Å²) in [6.07, 6.45) is -1.97. The Hall–Kier alpha value is -1.58. The van der Waals surface area contributed by atoms with E-state index in [2.05, 4.69) is 0 Å². The predicted octanol–water partition coefficient (Wildman–Crippen LogP) is 2.18. The van der Waals surface area contributed by atoms with Crippen LogP contribution < -0.4 is 4.74 Å². The number of benzene rings is 1. The van der Waals surface area contributed by atoms with E-state index in [1.165, 1.54) is 19.2 Å². The van der Waals surface area contributed by atoms with Crippen molar-refractivity contribution in [1.29, 1.82) is 0 Å². The monoisotopic (exact) mass is 198 g/mol. The molecule has 1 unspecified atom stereocenters. The predicted molar refractivity (Wildman–Crippen MR) is 49.1 cm³/mol. The Morgan fingerprint density at radius 1 is 1.50 bits per heavy atom. The van der Waals surface area contributed by atoms with Gasteiger partial charge in [-0.05, 0) is 17.7 Å². The second kappa shape index (κ2) is 4.60. The Morgan fingerprint density at radius 2 is 2.07 bits per heavy atom. The number of carboxylic acids is 1. The highest BCUT2D eigenvalue weighted by Gasteiger charge is 2.13. The third-order valence-corrected chi connectivity index (χ3v) is 1.83. The van der Waals surface area contributed by atoms with Gasteiger partial charge in [0.15, 0.2) is 0 Å². The maximum atomic E-state index is 13.2. The summed E-state index contributed by atoms with van der Waals surface area (Å²) < 4.78 is 18.1. The van der Waals surface area contributed by atoms with Gasteiger partial charge in [-0.15, -0.1) is 0 Å². The van der Waals surface area contributed by atoms with Crippen LogP contribution in [0.1, 0.15) is 18.2 Å². The van der Waals surface area contributed by atoms with Crippen molar-refractivity contribution in [3.8, 4) is 5.75 Å². The van der Waals surface area contributed by atoms with Gasteiger partial charge in [0.25, 0.3) is 0 Å². The molecule has 0 spiro atoms. The molecule has 0 aliphatic heterocycles. The van der Waals surface area contributed by atoms with Crippen molar-refractivity contribution in [1.82, 2.24) is 0 Å². The summed E-state index contributed by atoms with van der Waals surface area (Å²) in [4.78, 5) is 10.2. The first kappa shape index (κ1) is 10.5. The van der Waals surface area contributed by atoms with E-state index in [9.17, 15) is 9.18 Å². The molecule has 0 bridgehead atoms. The second-order valence-electron chi connectivity index (χ2n) is 2.84. The molecule has 0 amide bonds. The highest BCUT2D eigenvalue weighted by atomic mass is 19.1. The molecule has 1 rings (SSSR count). The summed E-state index contributed by atoms with van der Waals surface area (Å²) in [6, 6.07) is 6.24. The summed E-state index contributed by atoms with van der Waals surface area (Å²) >= 11 is 0. The zero-order chi connectivity index (χ0) is 10.6. The van der Waals surface area contributed by atoms with Gasteiger partial charge in [-0.25, -0.2) is 4.39 Å². The van der Waals surface area contributed by atoms with Crippen LogP contribution in [0.5, 0.6) is 5.75 Å². The molecule has 1 N–H and O–H groups in total. The van der Waals surface area contributed by atoms with Crippen molar-refractivity contribution in [3.05, 3.63) is 29.8 Å². The van der Waals surface area contributed by atoms with Gasteiger partial charge in [-0.2, -0.15) is 0 Å². The number of rotatable bonds is 4. The highest BCUT2D eigenvalue weighted by molar-refractivity contribution is 5.67. The molecule has 0 saturated heterocycles. The molecule has 0 radical (unpaired) electrons. The summed E-state index contributed by atoms with van der Waals surface area (Å²) in [5, 5.41) is 8.38. The fourth-order valence-electron chi connectivity index (χ4n) is 1.08. The van der Waals surface area contributed by atoms with Crippen LogP contribution in [-0.2, 0) is 4.79 Å². The molecule has 14 heavy (non-hydrogen) atoms. The number of carboxylic acid groups (broad SMARTS) is 1. The lowest BCUT2D eigenvalue weighted by Crippen LogP contribution is -2.01. The molecule has 0 heterocycles. The van der Waals surface area contributed by atoms with Gasteiger partial charge in [0.2, 0.25) is 0 Å². The van der Waals surface area contributed by atoms with Crippen molar-refractivity contribution < 1.29 is 19.0 Å². The van der Waals surface area contributed by atoms with E-state index in [0.717, 1.165) is 0 Å². The molecule has 0 aliphatic rings. The number of alkyl halides is 1. The number of methoxy groups -OCH3 is 1. The number of aliphatic carboxylic acids is 1. The Morgan fingerprint density at radius 3 is 2.50 bits per heavy atom. The smallest absolute Gasteiger partial charge is 0.306 e. The molecular formula is C10H11FO3. The second-order valence-corrected chi connectivity index (χ2v) is 2.84. The van der Waals surface area contributed by atoms with Crippen molar-refractivity contribution in [2.75, 3.05) is 7.11 Å². The van der Waals surface area contributed by atoms with Crippen molar-refractivity contribution in [2.24, 2.45) is 0 Å². The maximum Gasteiger partial charge on any atom is 0.306 e. The molecule has 1 aromatic rings. The van der Waals surface area contributed by atoms with Crippen LogP contribution in [0.15, 0.2) is 24.3 Å². The van der Waals surface area contributed by atoms with Crippen LogP contribution in [0.25, 0.3) is 0 Å². The van der Waals surface area contributed by atoms with E-state index >= 15 is 0 Å². The van der Waals surface area contributed by atoms with Crippen LogP contribution in [0.4, 0.5) is 4.39 Å². The maximum absolute atomic E-state index is 13.2. The minimum Gasteiger partial charge on any atom is -0.497 e. The topological polar surface area (TPSA) is 46.5 Å². The number of hydrogen-bond acceptors (Lipinski definition) is 2. The Bertz CT molecular complexity index is 308. The zero-order valence-electron chi connectivity index (χ0n) is 7.74. The van der Waals surface area contributed by atoms with Gasteiger partial charge in [0, 0.05) is 0 Å². The summed E-state index contributed by atoms with van der Waals surface area (Å²) in [5.74, 6) is -0.524. The van der Waals surface area contributed by atoms with Gasteiger partial charge in [0.1, 0.15) is 11.9 Å². The quantitative estimate of drug-likeness (QED) is 0.806. The van der Waals surface area contributed by atoms with Gasteiger partial charge < -0.3 is 9.84 Å². The van der Waals surface area contributed by atoms with Crippen LogP contribution in [0.3, 0.4) is 0 Å². The number of carbonyl (C=O) groups is 1. The fourth-order valence-corrected chi connectivity index (χ4v) is 1.08.